The summed E-state index contributed by atoms with van der Waals surface area (Å²) in [6.07, 6.45) is 8.68. The SMILES string of the molecule is C.C=CCn1c(=O)n(CC=C)c(=O)n(CC=C)c1=O.C=COCOCCCn1c(=O)n(CCCOCOC=C)c(=O)n(CCOCOC=C)c1=O. The molecule has 0 atom stereocenters. The number of aromatic nitrogens is 6. The minimum absolute atomic E-state index is 0. The minimum atomic E-state index is -0.720. The molecular weight excluding hydrogens is 672 g/mol. The molecule has 51 heavy (non-hydrogen) atoms. The number of ether oxygens (including phenoxy) is 6. The molecular formula is C33H50N6O12. The fraction of sp³-hybridized carbons (Fsp3) is 0.455. The number of hydrogen-bond acceptors (Lipinski definition) is 12. The van der Waals surface area contributed by atoms with Gasteiger partial charge >= 0.3 is 34.1 Å². The van der Waals surface area contributed by atoms with Gasteiger partial charge in [-0.1, -0.05) is 45.4 Å². The molecule has 0 bridgehead atoms. The van der Waals surface area contributed by atoms with Crippen molar-refractivity contribution in [1.29, 1.82) is 0 Å². The first-order chi connectivity index (χ1) is 24.2. The van der Waals surface area contributed by atoms with Gasteiger partial charge in [0.2, 0.25) is 0 Å². The second-order valence-electron chi connectivity index (χ2n) is 9.63. The van der Waals surface area contributed by atoms with Crippen molar-refractivity contribution in [3.63, 3.8) is 0 Å². The second kappa shape index (κ2) is 26.4. The van der Waals surface area contributed by atoms with Crippen LogP contribution in [-0.2, 0) is 67.7 Å². The Morgan fingerprint density at radius 1 is 0.412 bits per heavy atom. The molecule has 284 valence electrons. The van der Waals surface area contributed by atoms with E-state index in [-0.39, 0.29) is 86.9 Å². The first-order valence-corrected chi connectivity index (χ1v) is 15.3. The third-order valence-electron chi connectivity index (χ3n) is 6.31. The Bertz CT molecular complexity index is 1600. The van der Waals surface area contributed by atoms with E-state index < -0.39 is 34.1 Å². The summed E-state index contributed by atoms with van der Waals surface area (Å²) in [5.41, 5.74) is -4.12. The largest absolute Gasteiger partial charge is 0.476 e. The number of allylic oxidation sites excluding steroid dienone is 3. The Morgan fingerprint density at radius 2 is 0.686 bits per heavy atom. The molecule has 0 aliphatic carbocycles. The molecule has 2 heterocycles. The van der Waals surface area contributed by atoms with Crippen LogP contribution in [0, 0.1) is 0 Å². The Balaban J connectivity index is 0.00000111. The Morgan fingerprint density at radius 3 is 0.980 bits per heavy atom. The predicted molar refractivity (Wildman–Crippen MR) is 191 cm³/mol. The van der Waals surface area contributed by atoms with Crippen LogP contribution in [0.3, 0.4) is 0 Å². The van der Waals surface area contributed by atoms with E-state index in [1.807, 2.05) is 0 Å². The van der Waals surface area contributed by atoms with Crippen molar-refractivity contribution in [2.45, 2.75) is 59.5 Å². The summed E-state index contributed by atoms with van der Waals surface area (Å²) in [5, 5.41) is 0. The van der Waals surface area contributed by atoms with Crippen LogP contribution in [0.2, 0.25) is 0 Å². The Hall–Kier alpha value is -5.46. The van der Waals surface area contributed by atoms with E-state index in [4.69, 9.17) is 28.4 Å². The lowest BCUT2D eigenvalue weighted by molar-refractivity contribution is -0.0158. The highest BCUT2D eigenvalue weighted by Gasteiger charge is 2.16. The lowest BCUT2D eigenvalue weighted by Gasteiger charge is -2.14. The maximum absolute atomic E-state index is 12.8. The van der Waals surface area contributed by atoms with Crippen LogP contribution in [0.5, 0.6) is 0 Å². The van der Waals surface area contributed by atoms with Crippen LogP contribution >= 0.6 is 0 Å². The second-order valence-corrected chi connectivity index (χ2v) is 9.63. The highest BCUT2D eigenvalue weighted by Crippen LogP contribution is 1.91. The number of hydrogen-bond donors (Lipinski definition) is 0. The van der Waals surface area contributed by atoms with Crippen molar-refractivity contribution in [1.82, 2.24) is 27.4 Å². The van der Waals surface area contributed by atoms with Gasteiger partial charge in [0.15, 0.2) is 20.4 Å². The molecule has 0 aliphatic heterocycles. The molecule has 2 aromatic heterocycles. The maximum atomic E-state index is 12.8. The highest BCUT2D eigenvalue weighted by atomic mass is 16.7. The summed E-state index contributed by atoms with van der Waals surface area (Å²) in [4.78, 5) is 74.2. The third kappa shape index (κ3) is 14.5. The summed E-state index contributed by atoms with van der Waals surface area (Å²) >= 11 is 0. The molecule has 0 aliphatic rings. The van der Waals surface area contributed by atoms with E-state index in [0.29, 0.717) is 12.8 Å². The molecule has 0 amide bonds. The molecule has 0 fully saturated rings. The molecule has 0 aromatic carbocycles. The Kier molecular flexibility index (Phi) is 23.6. The minimum Gasteiger partial charge on any atom is -0.476 e. The summed E-state index contributed by atoms with van der Waals surface area (Å²) in [5.74, 6) is 0. The van der Waals surface area contributed by atoms with Gasteiger partial charge in [-0.2, -0.15) is 0 Å². The van der Waals surface area contributed by atoms with Gasteiger partial charge in [0.25, 0.3) is 0 Å². The lowest BCUT2D eigenvalue weighted by atomic mass is 10.4. The van der Waals surface area contributed by atoms with E-state index in [0.717, 1.165) is 27.4 Å². The quantitative estimate of drug-likeness (QED) is 0.0574. The molecule has 18 heteroatoms. The van der Waals surface area contributed by atoms with Gasteiger partial charge in [-0.15, -0.1) is 19.7 Å². The molecule has 2 aromatic rings. The van der Waals surface area contributed by atoms with Crippen molar-refractivity contribution < 1.29 is 28.4 Å². The fourth-order valence-corrected chi connectivity index (χ4v) is 4.07. The molecule has 2 rings (SSSR count). The van der Waals surface area contributed by atoms with Gasteiger partial charge in [0.05, 0.1) is 64.8 Å². The maximum Gasteiger partial charge on any atom is 0.336 e. The molecule has 0 unspecified atom stereocenters. The molecule has 0 saturated heterocycles. The highest BCUT2D eigenvalue weighted by molar-refractivity contribution is 4.86. The summed E-state index contributed by atoms with van der Waals surface area (Å²) in [6.45, 7) is 21.3. The Labute approximate surface area is 294 Å². The smallest absolute Gasteiger partial charge is 0.336 e. The average molecular weight is 723 g/mol. The standard InChI is InChI=1S/C20H31N3O9.C12H15N3O3.CH4/c1-4-27-15-30-12-7-9-21-18(24)22(10-8-13-31-16-28-5-2)20(26)23(19(21)25)11-14-32-17-29-6-3;1-4-7-13-10(16)14(8-5-2)12(18)15(9-6-3)11(13)17;/h4-6H,1-3,7-17H2;4-6H,1-3,7-9H2;1H4. The van der Waals surface area contributed by atoms with Crippen molar-refractivity contribution >= 4 is 0 Å². The van der Waals surface area contributed by atoms with Gasteiger partial charge in [-0.05, 0) is 12.8 Å². The van der Waals surface area contributed by atoms with E-state index in [2.05, 4.69) is 39.5 Å². The van der Waals surface area contributed by atoms with Crippen LogP contribution in [-0.4, -0.2) is 67.6 Å². The third-order valence-corrected chi connectivity index (χ3v) is 6.31. The van der Waals surface area contributed by atoms with Crippen LogP contribution in [0.1, 0.15) is 20.3 Å². The van der Waals surface area contributed by atoms with E-state index in [1.54, 1.807) is 0 Å². The van der Waals surface area contributed by atoms with Crippen LogP contribution in [0.25, 0.3) is 0 Å². The van der Waals surface area contributed by atoms with Gasteiger partial charge < -0.3 is 28.4 Å². The monoisotopic (exact) mass is 722 g/mol. The van der Waals surface area contributed by atoms with Crippen LogP contribution < -0.4 is 34.1 Å². The van der Waals surface area contributed by atoms with E-state index in [9.17, 15) is 28.8 Å². The van der Waals surface area contributed by atoms with Crippen molar-refractivity contribution in [2.24, 2.45) is 0 Å². The zero-order valence-corrected chi connectivity index (χ0v) is 28.2. The zero-order chi connectivity index (χ0) is 37.3. The lowest BCUT2D eigenvalue weighted by Crippen LogP contribution is -2.55. The predicted octanol–water partition coefficient (Wildman–Crippen LogP) is 0.720. The summed E-state index contributed by atoms with van der Waals surface area (Å²) in [6, 6.07) is 0. The molecule has 18 nitrogen and oxygen atoms in total. The van der Waals surface area contributed by atoms with Crippen molar-refractivity contribution in [2.75, 3.05) is 40.2 Å². The number of nitrogens with zero attached hydrogens (tertiary/aromatic N) is 6. The normalized spacial score (nSPS) is 10.1. The van der Waals surface area contributed by atoms with Crippen LogP contribution in [0.15, 0.2) is 105 Å². The van der Waals surface area contributed by atoms with Crippen molar-refractivity contribution in [3.8, 4) is 0 Å². The first-order valence-electron chi connectivity index (χ1n) is 15.3. The van der Waals surface area contributed by atoms with Gasteiger partial charge in [-0.25, -0.2) is 56.2 Å². The number of rotatable bonds is 26. The van der Waals surface area contributed by atoms with Gasteiger partial charge in [0, 0.05) is 13.1 Å². The molecule has 0 radical (unpaired) electrons. The average Bonchev–Trinajstić information content (AvgIpc) is 3.10. The molecule has 0 N–H and O–H groups in total. The topological polar surface area (TPSA) is 187 Å². The van der Waals surface area contributed by atoms with E-state index >= 15 is 0 Å². The zero-order valence-electron chi connectivity index (χ0n) is 28.2. The van der Waals surface area contributed by atoms with Crippen LogP contribution in [0.4, 0.5) is 0 Å². The van der Waals surface area contributed by atoms with Gasteiger partial charge in [-0.3, -0.25) is 0 Å². The van der Waals surface area contributed by atoms with E-state index in [1.165, 1.54) is 37.0 Å². The molecule has 0 spiro atoms. The molecule has 0 saturated carbocycles. The summed E-state index contributed by atoms with van der Waals surface area (Å²) < 4.78 is 35.9. The van der Waals surface area contributed by atoms with Crippen molar-refractivity contribution in [3.05, 3.63) is 139 Å². The fourth-order valence-electron chi connectivity index (χ4n) is 4.07. The first kappa shape index (κ1) is 45.5. The van der Waals surface area contributed by atoms with Gasteiger partial charge in [0.1, 0.15) is 0 Å². The summed E-state index contributed by atoms with van der Waals surface area (Å²) in [7, 11) is 0.